The van der Waals surface area contributed by atoms with Crippen molar-refractivity contribution in [3.63, 3.8) is 0 Å². The molecular formula is C12H20N4O. The van der Waals surface area contributed by atoms with E-state index >= 15 is 0 Å². The summed E-state index contributed by atoms with van der Waals surface area (Å²) in [7, 11) is 1.83. The highest BCUT2D eigenvalue weighted by molar-refractivity contribution is 5.95. The monoisotopic (exact) mass is 236 g/mol. The topological polar surface area (TPSA) is 64.2 Å². The average molecular weight is 236 g/mol. The van der Waals surface area contributed by atoms with Crippen molar-refractivity contribution in [3.8, 4) is 0 Å². The molecule has 1 aromatic rings. The summed E-state index contributed by atoms with van der Waals surface area (Å²) in [4.78, 5) is 14.3. The second-order valence-corrected chi connectivity index (χ2v) is 4.67. The van der Waals surface area contributed by atoms with Crippen molar-refractivity contribution in [2.45, 2.75) is 32.2 Å². The lowest BCUT2D eigenvalue weighted by atomic mass is 9.91. The number of aryl methyl sites for hydroxylation is 2. The van der Waals surface area contributed by atoms with E-state index in [1.54, 1.807) is 10.9 Å². The quantitative estimate of drug-likeness (QED) is 0.836. The van der Waals surface area contributed by atoms with E-state index < -0.39 is 0 Å². The zero-order valence-corrected chi connectivity index (χ0v) is 10.5. The summed E-state index contributed by atoms with van der Waals surface area (Å²) < 4.78 is 1.68. The normalized spacial score (nSPS) is 15.7. The fourth-order valence-corrected chi connectivity index (χ4v) is 2.25. The molecule has 0 aromatic carbocycles. The molecule has 0 saturated heterocycles. The number of nitrogens with two attached hydrogens (primary N) is 1. The molecule has 0 bridgehead atoms. The molecule has 1 aromatic heterocycles. The minimum atomic E-state index is 0.0748. The summed E-state index contributed by atoms with van der Waals surface area (Å²) in [5.74, 6) is 0.0748. The number of aromatic nitrogens is 2. The van der Waals surface area contributed by atoms with Crippen LogP contribution in [-0.2, 0) is 7.05 Å². The third kappa shape index (κ3) is 2.34. The van der Waals surface area contributed by atoms with Crippen LogP contribution in [0.3, 0.4) is 0 Å². The van der Waals surface area contributed by atoms with Crippen molar-refractivity contribution in [1.82, 2.24) is 14.7 Å². The van der Waals surface area contributed by atoms with Gasteiger partial charge in [0.15, 0.2) is 0 Å². The van der Waals surface area contributed by atoms with Gasteiger partial charge in [-0.2, -0.15) is 5.10 Å². The van der Waals surface area contributed by atoms with Crippen molar-refractivity contribution in [1.29, 1.82) is 0 Å². The van der Waals surface area contributed by atoms with Crippen LogP contribution in [0.25, 0.3) is 0 Å². The minimum absolute atomic E-state index is 0.0748. The number of amides is 1. The molecule has 0 radical (unpaired) electrons. The fraction of sp³-hybridized carbons (Fsp3) is 0.667. The van der Waals surface area contributed by atoms with Crippen LogP contribution in [-0.4, -0.2) is 39.7 Å². The first-order valence-corrected chi connectivity index (χ1v) is 6.14. The maximum atomic E-state index is 12.4. The summed E-state index contributed by atoms with van der Waals surface area (Å²) in [6.45, 7) is 3.02. The Labute approximate surface area is 102 Å². The molecule has 0 spiro atoms. The van der Waals surface area contributed by atoms with Gasteiger partial charge in [-0.3, -0.25) is 9.48 Å². The van der Waals surface area contributed by atoms with Crippen LogP contribution in [0.15, 0.2) is 6.20 Å². The van der Waals surface area contributed by atoms with E-state index in [0.717, 1.165) is 18.5 Å². The van der Waals surface area contributed by atoms with E-state index in [2.05, 4.69) is 5.10 Å². The van der Waals surface area contributed by atoms with Crippen LogP contribution < -0.4 is 5.73 Å². The Kier molecular flexibility index (Phi) is 3.47. The van der Waals surface area contributed by atoms with E-state index in [0.29, 0.717) is 24.7 Å². The number of carbonyl (C=O) groups is 1. The van der Waals surface area contributed by atoms with Crippen molar-refractivity contribution >= 4 is 5.91 Å². The molecule has 1 aliphatic rings. The van der Waals surface area contributed by atoms with Gasteiger partial charge in [-0.25, -0.2) is 0 Å². The summed E-state index contributed by atoms with van der Waals surface area (Å²) in [5.41, 5.74) is 7.08. The number of carbonyl (C=O) groups excluding carboxylic acids is 1. The lowest BCUT2D eigenvalue weighted by Gasteiger charge is -2.37. The van der Waals surface area contributed by atoms with Gasteiger partial charge in [0.1, 0.15) is 0 Å². The lowest BCUT2D eigenvalue weighted by molar-refractivity contribution is 0.0588. The van der Waals surface area contributed by atoms with Crippen molar-refractivity contribution < 1.29 is 4.79 Å². The second-order valence-electron chi connectivity index (χ2n) is 4.67. The van der Waals surface area contributed by atoms with Crippen LogP contribution in [0, 0.1) is 6.92 Å². The molecular weight excluding hydrogens is 216 g/mol. The van der Waals surface area contributed by atoms with Gasteiger partial charge in [-0.05, 0) is 26.2 Å². The Balaban J connectivity index is 2.17. The first-order chi connectivity index (χ1) is 8.13. The van der Waals surface area contributed by atoms with E-state index in [1.807, 2.05) is 18.9 Å². The Morgan fingerprint density at radius 2 is 2.35 bits per heavy atom. The highest BCUT2D eigenvalue weighted by Gasteiger charge is 2.30. The summed E-state index contributed by atoms with van der Waals surface area (Å²) >= 11 is 0. The fourth-order valence-electron chi connectivity index (χ4n) is 2.25. The third-order valence-corrected chi connectivity index (χ3v) is 3.39. The zero-order valence-electron chi connectivity index (χ0n) is 10.5. The molecule has 1 saturated carbocycles. The summed E-state index contributed by atoms with van der Waals surface area (Å²) in [6, 6.07) is 0.380. The maximum absolute atomic E-state index is 12.4. The largest absolute Gasteiger partial charge is 0.334 e. The minimum Gasteiger partial charge on any atom is -0.334 e. The Morgan fingerprint density at radius 1 is 1.65 bits per heavy atom. The molecule has 1 amide bonds. The Hall–Kier alpha value is -1.36. The highest BCUT2D eigenvalue weighted by Crippen LogP contribution is 2.26. The van der Waals surface area contributed by atoms with Crippen LogP contribution in [0.1, 0.15) is 35.3 Å². The predicted octanol–water partition coefficient (Wildman–Crippen LogP) is 0.682. The number of hydrogen-bond acceptors (Lipinski definition) is 3. The maximum Gasteiger partial charge on any atom is 0.257 e. The van der Waals surface area contributed by atoms with Gasteiger partial charge >= 0.3 is 0 Å². The highest BCUT2D eigenvalue weighted by atomic mass is 16.2. The molecule has 17 heavy (non-hydrogen) atoms. The lowest BCUT2D eigenvalue weighted by Crippen LogP contribution is -2.46. The number of hydrogen-bond donors (Lipinski definition) is 1. The molecule has 2 rings (SSSR count). The molecule has 5 heteroatoms. The third-order valence-electron chi connectivity index (χ3n) is 3.39. The van der Waals surface area contributed by atoms with Gasteiger partial charge in [-0.1, -0.05) is 0 Å². The molecule has 1 heterocycles. The van der Waals surface area contributed by atoms with Crippen LogP contribution in [0.5, 0.6) is 0 Å². The first-order valence-electron chi connectivity index (χ1n) is 6.14. The zero-order chi connectivity index (χ0) is 12.4. The molecule has 1 aliphatic carbocycles. The van der Waals surface area contributed by atoms with Gasteiger partial charge in [-0.15, -0.1) is 0 Å². The van der Waals surface area contributed by atoms with Crippen LogP contribution in [0.2, 0.25) is 0 Å². The SMILES string of the molecule is Cc1nn(C)cc1C(=O)N(CCN)C1CCC1. The molecule has 94 valence electrons. The van der Waals surface area contributed by atoms with Crippen LogP contribution in [0.4, 0.5) is 0 Å². The summed E-state index contributed by atoms with van der Waals surface area (Å²) in [6.07, 6.45) is 5.21. The van der Waals surface area contributed by atoms with Gasteiger partial charge in [0.05, 0.1) is 11.3 Å². The average Bonchev–Trinajstić information content (AvgIpc) is 2.53. The van der Waals surface area contributed by atoms with Gasteiger partial charge < -0.3 is 10.6 Å². The van der Waals surface area contributed by atoms with Crippen LogP contribution >= 0.6 is 0 Å². The molecule has 0 atom stereocenters. The molecule has 2 N–H and O–H groups in total. The first kappa shape index (κ1) is 12.1. The molecule has 0 unspecified atom stereocenters. The Bertz CT molecular complexity index is 409. The van der Waals surface area contributed by atoms with E-state index in [4.69, 9.17) is 5.73 Å². The molecule has 1 fully saturated rings. The Morgan fingerprint density at radius 3 is 2.76 bits per heavy atom. The molecule has 5 nitrogen and oxygen atoms in total. The number of nitrogens with zero attached hydrogens (tertiary/aromatic N) is 3. The van der Waals surface area contributed by atoms with E-state index in [-0.39, 0.29) is 5.91 Å². The van der Waals surface area contributed by atoms with Gasteiger partial charge in [0.25, 0.3) is 5.91 Å². The van der Waals surface area contributed by atoms with Crippen molar-refractivity contribution in [2.75, 3.05) is 13.1 Å². The van der Waals surface area contributed by atoms with Crippen molar-refractivity contribution in [2.24, 2.45) is 12.8 Å². The van der Waals surface area contributed by atoms with E-state index in [9.17, 15) is 4.79 Å². The van der Waals surface area contributed by atoms with E-state index in [1.165, 1.54) is 6.42 Å². The molecule has 0 aliphatic heterocycles. The van der Waals surface area contributed by atoms with Gasteiger partial charge in [0.2, 0.25) is 0 Å². The van der Waals surface area contributed by atoms with Gasteiger partial charge in [0, 0.05) is 32.4 Å². The smallest absolute Gasteiger partial charge is 0.257 e. The summed E-state index contributed by atoms with van der Waals surface area (Å²) in [5, 5.41) is 4.22. The second kappa shape index (κ2) is 4.87. The standard InChI is InChI=1S/C12H20N4O/c1-9-11(8-15(2)14-9)12(17)16(7-6-13)10-4-3-5-10/h8,10H,3-7,13H2,1-2H3. The number of rotatable bonds is 4. The van der Waals surface area contributed by atoms with Crippen molar-refractivity contribution in [3.05, 3.63) is 17.5 Å². The predicted molar refractivity (Wildman–Crippen MR) is 65.7 cm³/mol.